The van der Waals surface area contributed by atoms with Crippen LogP contribution in [0.4, 0.5) is 0 Å². The first-order valence-corrected chi connectivity index (χ1v) is 13.7. The molecule has 0 saturated carbocycles. The zero-order valence-corrected chi connectivity index (χ0v) is 23.8. The Morgan fingerprint density at radius 1 is 0.585 bits per heavy atom. The van der Waals surface area contributed by atoms with Gasteiger partial charge in [-0.05, 0) is 78.2 Å². The van der Waals surface area contributed by atoms with Crippen molar-refractivity contribution in [1.29, 1.82) is 10.5 Å². The summed E-state index contributed by atoms with van der Waals surface area (Å²) >= 11 is 0. The van der Waals surface area contributed by atoms with E-state index in [9.17, 15) is 10.5 Å². The van der Waals surface area contributed by atoms with Crippen LogP contribution in [0.15, 0.2) is 115 Å². The molecule has 1 aliphatic rings. The normalized spacial score (nSPS) is 15.8. The lowest BCUT2D eigenvalue weighted by Crippen LogP contribution is -2.41. The third-order valence-electron chi connectivity index (χ3n) is 7.85. The Balaban J connectivity index is 1.66. The Bertz CT molecular complexity index is 1640. The predicted octanol–water partition coefficient (Wildman–Crippen LogP) is 7.42. The summed E-state index contributed by atoms with van der Waals surface area (Å²) in [6, 6.07) is 41.0. The zero-order valence-electron chi connectivity index (χ0n) is 23.8. The molecule has 0 bridgehead atoms. The molecule has 1 saturated heterocycles. The topological polar surface area (TPSA) is 66.0 Å². The number of rotatable bonds is 6. The summed E-state index contributed by atoms with van der Waals surface area (Å²) in [6.07, 6.45) is 1.60. The third kappa shape index (κ3) is 5.79. The van der Waals surface area contributed by atoms with Gasteiger partial charge < -0.3 is 9.31 Å². The summed E-state index contributed by atoms with van der Waals surface area (Å²) in [5.74, 6) is 0. The highest BCUT2D eigenvalue weighted by Gasteiger charge is 2.51. The van der Waals surface area contributed by atoms with Crippen molar-refractivity contribution in [1.82, 2.24) is 0 Å². The molecule has 1 fully saturated rings. The highest BCUT2D eigenvalue weighted by Crippen LogP contribution is 2.38. The zero-order chi connectivity index (χ0) is 29.0. The molecule has 0 N–H and O–H groups in total. The molecule has 0 spiro atoms. The molecule has 0 atom stereocenters. The van der Waals surface area contributed by atoms with Crippen molar-refractivity contribution in [2.75, 3.05) is 0 Å². The lowest BCUT2D eigenvalue weighted by Gasteiger charge is -2.32. The van der Waals surface area contributed by atoms with Crippen LogP contribution in [-0.2, 0) is 9.31 Å². The van der Waals surface area contributed by atoms with Crippen LogP contribution >= 0.6 is 0 Å². The second kappa shape index (κ2) is 11.4. The van der Waals surface area contributed by atoms with Crippen LogP contribution in [0, 0.1) is 22.7 Å². The lowest BCUT2D eigenvalue weighted by atomic mass is 9.77. The Hall–Kier alpha value is -4.68. The van der Waals surface area contributed by atoms with Crippen molar-refractivity contribution in [3.05, 3.63) is 143 Å². The van der Waals surface area contributed by atoms with Crippen molar-refractivity contribution in [2.45, 2.75) is 38.9 Å². The maximum atomic E-state index is 9.18. The van der Waals surface area contributed by atoms with E-state index in [4.69, 9.17) is 9.31 Å². The van der Waals surface area contributed by atoms with Gasteiger partial charge in [0.1, 0.15) is 17.7 Å². The smallest absolute Gasteiger partial charge is 0.399 e. The monoisotopic (exact) mass is 534 g/mol. The highest BCUT2D eigenvalue weighted by molar-refractivity contribution is 6.62. The van der Waals surface area contributed by atoms with Crippen molar-refractivity contribution < 1.29 is 9.31 Å². The molecular weight excluding hydrogens is 503 g/mol. The van der Waals surface area contributed by atoms with Gasteiger partial charge in [-0.2, -0.15) is 10.5 Å². The van der Waals surface area contributed by atoms with Gasteiger partial charge in [-0.25, -0.2) is 0 Å². The molecule has 0 aromatic heterocycles. The largest absolute Gasteiger partial charge is 0.494 e. The van der Waals surface area contributed by atoms with Gasteiger partial charge in [0.2, 0.25) is 0 Å². The predicted molar refractivity (Wildman–Crippen MR) is 166 cm³/mol. The maximum absolute atomic E-state index is 9.18. The Morgan fingerprint density at radius 3 is 1.39 bits per heavy atom. The Kier molecular flexibility index (Phi) is 7.78. The van der Waals surface area contributed by atoms with E-state index in [1.165, 1.54) is 0 Å². The highest BCUT2D eigenvalue weighted by atomic mass is 16.7. The van der Waals surface area contributed by atoms with E-state index >= 15 is 0 Å². The van der Waals surface area contributed by atoms with Gasteiger partial charge in [-0.15, -0.1) is 0 Å². The molecule has 4 aromatic carbocycles. The SMILES string of the molecule is CC1(C)OB(c2ccc(/C(=C(\c3ccccc3)c3ccc(C=C(C#N)C#N)cc3)c3ccccc3)cc2)OC1(C)C. The number of hydrogen-bond acceptors (Lipinski definition) is 4. The summed E-state index contributed by atoms with van der Waals surface area (Å²) in [6.45, 7) is 8.25. The number of nitrogens with zero attached hydrogens (tertiary/aromatic N) is 2. The van der Waals surface area contributed by atoms with Crippen molar-refractivity contribution >= 4 is 29.8 Å². The fourth-order valence-corrected chi connectivity index (χ4v) is 4.91. The van der Waals surface area contributed by atoms with E-state index in [0.717, 1.165) is 44.4 Å². The summed E-state index contributed by atoms with van der Waals surface area (Å²) in [7, 11) is -0.431. The van der Waals surface area contributed by atoms with Crippen LogP contribution in [0.1, 0.15) is 55.5 Å². The standard InChI is InChI=1S/C36H31BN2O2/c1-35(2)36(3,4)41-37(40-35)32-21-19-31(20-22-32)34(29-13-9-6-10-14-29)33(28-11-7-5-8-12-28)30-17-15-26(16-18-30)23-27(24-38)25-39/h5-23H,1-4H3/b34-33+. The molecule has 5 rings (SSSR count). The average molecular weight is 534 g/mol. The van der Waals surface area contributed by atoms with Crippen molar-refractivity contribution in [2.24, 2.45) is 0 Å². The summed E-state index contributed by atoms with van der Waals surface area (Å²) in [4.78, 5) is 0. The van der Waals surface area contributed by atoms with Crippen LogP contribution < -0.4 is 5.46 Å². The van der Waals surface area contributed by atoms with Gasteiger partial charge in [0.25, 0.3) is 0 Å². The van der Waals surface area contributed by atoms with Gasteiger partial charge >= 0.3 is 7.12 Å². The van der Waals surface area contributed by atoms with Gasteiger partial charge in [-0.1, -0.05) is 109 Å². The van der Waals surface area contributed by atoms with E-state index in [-0.39, 0.29) is 5.57 Å². The van der Waals surface area contributed by atoms with Crippen LogP contribution in [0.25, 0.3) is 17.2 Å². The Labute approximate surface area is 243 Å². The summed E-state index contributed by atoms with van der Waals surface area (Å²) in [5.41, 5.74) is 7.47. The average Bonchev–Trinajstić information content (AvgIpc) is 3.22. The van der Waals surface area contributed by atoms with E-state index in [2.05, 4.69) is 88.4 Å². The van der Waals surface area contributed by atoms with Crippen LogP contribution in [0.3, 0.4) is 0 Å². The van der Waals surface area contributed by atoms with Crippen molar-refractivity contribution in [3.63, 3.8) is 0 Å². The summed E-state index contributed by atoms with van der Waals surface area (Å²) in [5, 5.41) is 18.4. The number of hydrogen-bond donors (Lipinski definition) is 0. The van der Waals surface area contributed by atoms with Crippen molar-refractivity contribution in [3.8, 4) is 12.1 Å². The van der Waals surface area contributed by atoms with Gasteiger partial charge in [0.05, 0.1) is 11.2 Å². The molecule has 4 nitrogen and oxygen atoms in total. The second-order valence-corrected chi connectivity index (χ2v) is 11.1. The van der Waals surface area contributed by atoms with Crippen LogP contribution in [0.2, 0.25) is 0 Å². The van der Waals surface area contributed by atoms with Crippen LogP contribution in [-0.4, -0.2) is 18.3 Å². The molecule has 0 aliphatic carbocycles. The van der Waals surface area contributed by atoms with Gasteiger partial charge in [0.15, 0.2) is 0 Å². The molecule has 41 heavy (non-hydrogen) atoms. The molecule has 4 aromatic rings. The lowest BCUT2D eigenvalue weighted by molar-refractivity contribution is 0.00578. The number of allylic oxidation sites excluding steroid dienone is 1. The molecule has 0 radical (unpaired) electrons. The van der Waals surface area contributed by atoms with E-state index in [1.54, 1.807) is 6.08 Å². The first kappa shape index (κ1) is 27.9. The fourth-order valence-electron chi connectivity index (χ4n) is 4.91. The first-order chi connectivity index (χ1) is 19.7. The first-order valence-electron chi connectivity index (χ1n) is 13.7. The minimum Gasteiger partial charge on any atom is -0.399 e. The van der Waals surface area contributed by atoms with E-state index in [1.807, 2.05) is 60.7 Å². The number of nitriles is 2. The summed E-state index contributed by atoms with van der Waals surface area (Å²) < 4.78 is 12.6. The minimum absolute atomic E-state index is 0.0728. The minimum atomic E-state index is -0.431. The van der Waals surface area contributed by atoms with E-state index < -0.39 is 18.3 Å². The van der Waals surface area contributed by atoms with Gasteiger partial charge in [-0.3, -0.25) is 0 Å². The molecule has 1 heterocycles. The molecule has 200 valence electrons. The molecule has 5 heteroatoms. The quantitative estimate of drug-likeness (QED) is 0.147. The maximum Gasteiger partial charge on any atom is 0.494 e. The number of benzene rings is 4. The molecule has 0 unspecified atom stereocenters. The molecular formula is C36H31BN2O2. The molecule has 1 aliphatic heterocycles. The van der Waals surface area contributed by atoms with E-state index in [0.29, 0.717) is 0 Å². The molecule has 0 amide bonds. The van der Waals surface area contributed by atoms with Crippen LogP contribution in [0.5, 0.6) is 0 Å². The second-order valence-electron chi connectivity index (χ2n) is 11.1. The third-order valence-corrected chi connectivity index (χ3v) is 7.85. The fraction of sp³-hybridized carbons (Fsp3) is 0.167. The Morgan fingerprint density at radius 2 is 0.976 bits per heavy atom. The van der Waals surface area contributed by atoms with Gasteiger partial charge in [0, 0.05) is 0 Å².